The molecule has 1 atom stereocenters. The van der Waals surface area contributed by atoms with Crippen molar-refractivity contribution in [2.75, 3.05) is 13.2 Å². The van der Waals surface area contributed by atoms with E-state index in [1.54, 1.807) is 30.3 Å². The number of ether oxygens (including phenoxy) is 2. The molecule has 1 N–H and O–H groups in total. The number of fused-ring (bicyclic) bond motifs is 1. The van der Waals surface area contributed by atoms with Crippen LogP contribution < -0.4 is 9.47 Å². The Balaban J connectivity index is 1.62. The highest BCUT2D eigenvalue weighted by molar-refractivity contribution is 6.46. The molecule has 7 nitrogen and oxygen atoms in total. The number of likely N-dealkylation sites (tertiary alicyclic amines) is 1. The fraction of sp³-hybridized carbons (Fsp3) is 0.286. The highest BCUT2D eigenvalue weighted by Gasteiger charge is 2.46. The van der Waals surface area contributed by atoms with Crippen molar-refractivity contribution < 1.29 is 28.6 Å². The first-order chi connectivity index (χ1) is 16.7. The van der Waals surface area contributed by atoms with E-state index in [4.69, 9.17) is 13.9 Å². The molecule has 1 saturated heterocycles. The minimum atomic E-state index is -0.776. The van der Waals surface area contributed by atoms with Crippen molar-refractivity contribution in [2.24, 2.45) is 0 Å². The monoisotopic (exact) mass is 473 g/mol. The molecule has 1 aromatic heterocycles. The van der Waals surface area contributed by atoms with Crippen molar-refractivity contribution in [2.45, 2.75) is 38.8 Å². The van der Waals surface area contributed by atoms with Gasteiger partial charge in [-0.2, -0.15) is 0 Å². The molecule has 7 heteroatoms. The van der Waals surface area contributed by atoms with Crippen LogP contribution in [0.15, 0.2) is 70.9 Å². The predicted octanol–water partition coefficient (Wildman–Crippen LogP) is 4.97. The molecular formula is C28H27NO6. The zero-order valence-corrected chi connectivity index (χ0v) is 19.9. The standard InChI is InChI=1S/C28H27NO6/c1-28(2,3)19-9-6-17(7-10-19)24-23(26(31)27(32)29(24)16-20-5-4-12-33-20)25(30)18-8-11-21-22(15-18)35-14-13-34-21/h4-12,15,24,30H,13-14,16H2,1-3H3/b25-23-. The number of nitrogens with zero attached hydrogens (tertiary/aromatic N) is 1. The van der Waals surface area contributed by atoms with Gasteiger partial charge in [-0.3, -0.25) is 9.59 Å². The second-order valence-corrected chi connectivity index (χ2v) is 9.74. The minimum absolute atomic E-state index is 0.0294. The molecule has 3 heterocycles. The van der Waals surface area contributed by atoms with E-state index >= 15 is 0 Å². The van der Waals surface area contributed by atoms with Gasteiger partial charge < -0.3 is 23.9 Å². The van der Waals surface area contributed by atoms with Crippen molar-refractivity contribution in [1.82, 2.24) is 4.90 Å². The third-order valence-corrected chi connectivity index (χ3v) is 6.35. The first-order valence-corrected chi connectivity index (χ1v) is 11.6. The average molecular weight is 474 g/mol. The SMILES string of the molecule is CC(C)(C)c1ccc(C2/C(=C(/O)c3ccc4c(c3)OCCO4)C(=O)C(=O)N2Cc2ccco2)cc1. The lowest BCUT2D eigenvalue weighted by atomic mass is 9.85. The highest BCUT2D eigenvalue weighted by Crippen LogP contribution is 2.42. The highest BCUT2D eigenvalue weighted by atomic mass is 16.6. The summed E-state index contributed by atoms with van der Waals surface area (Å²) in [4.78, 5) is 27.9. The van der Waals surface area contributed by atoms with Gasteiger partial charge in [0.2, 0.25) is 0 Å². The Morgan fingerprint density at radius 1 is 1.00 bits per heavy atom. The summed E-state index contributed by atoms with van der Waals surface area (Å²) in [6, 6.07) is 15.5. The third-order valence-electron chi connectivity index (χ3n) is 6.35. The molecular weight excluding hydrogens is 446 g/mol. The van der Waals surface area contributed by atoms with E-state index in [0.29, 0.717) is 36.0 Å². The first-order valence-electron chi connectivity index (χ1n) is 11.6. The maximum Gasteiger partial charge on any atom is 0.296 e. The molecule has 35 heavy (non-hydrogen) atoms. The Hall–Kier alpha value is -4.00. The summed E-state index contributed by atoms with van der Waals surface area (Å²) in [5, 5.41) is 11.3. The number of carbonyl (C=O) groups excluding carboxylic acids is 2. The van der Waals surface area contributed by atoms with E-state index in [0.717, 1.165) is 11.1 Å². The van der Waals surface area contributed by atoms with E-state index in [9.17, 15) is 14.7 Å². The first kappa shape index (κ1) is 22.8. The Morgan fingerprint density at radius 3 is 2.37 bits per heavy atom. The molecule has 3 aromatic rings. The van der Waals surface area contributed by atoms with Crippen LogP contribution in [0.5, 0.6) is 11.5 Å². The Labute approximate surface area is 203 Å². The largest absolute Gasteiger partial charge is 0.507 e. The fourth-order valence-corrected chi connectivity index (χ4v) is 4.47. The smallest absolute Gasteiger partial charge is 0.296 e. The Kier molecular flexibility index (Phi) is 5.63. The number of carbonyl (C=O) groups is 2. The van der Waals surface area contributed by atoms with Gasteiger partial charge >= 0.3 is 0 Å². The molecule has 2 aliphatic rings. The number of hydrogen-bond donors (Lipinski definition) is 1. The van der Waals surface area contributed by atoms with E-state index in [1.807, 2.05) is 24.3 Å². The number of amides is 1. The molecule has 2 aliphatic heterocycles. The number of rotatable bonds is 4. The van der Waals surface area contributed by atoms with Gasteiger partial charge in [-0.1, -0.05) is 45.0 Å². The van der Waals surface area contributed by atoms with Gasteiger partial charge in [0.1, 0.15) is 24.7 Å². The number of hydrogen-bond acceptors (Lipinski definition) is 6. The summed E-state index contributed by atoms with van der Waals surface area (Å²) in [5.74, 6) is -0.0921. The molecule has 0 radical (unpaired) electrons. The topological polar surface area (TPSA) is 89.2 Å². The lowest BCUT2D eigenvalue weighted by Gasteiger charge is -2.26. The van der Waals surface area contributed by atoms with Crippen molar-refractivity contribution in [1.29, 1.82) is 0 Å². The summed E-state index contributed by atoms with van der Waals surface area (Å²) < 4.78 is 16.7. The Morgan fingerprint density at radius 2 is 1.71 bits per heavy atom. The second-order valence-electron chi connectivity index (χ2n) is 9.74. The Bertz CT molecular complexity index is 1300. The molecule has 1 amide bonds. The van der Waals surface area contributed by atoms with Gasteiger partial charge in [-0.05, 0) is 46.9 Å². The molecule has 0 spiro atoms. The van der Waals surface area contributed by atoms with Gasteiger partial charge in [0.05, 0.1) is 24.4 Å². The zero-order chi connectivity index (χ0) is 24.7. The summed E-state index contributed by atoms with van der Waals surface area (Å²) in [7, 11) is 0. The van der Waals surface area contributed by atoms with E-state index in [2.05, 4.69) is 20.8 Å². The molecule has 2 aromatic carbocycles. The van der Waals surface area contributed by atoms with Crippen LogP contribution in [0.3, 0.4) is 0 Å². The molecule has 1 fully saturated rings. The van der Waals surface area contributed by atoms with Crippen LogP contribution in [0.25, 0.3) is 5.76 Å². The lowest BCUT2D eigenvalue weighted by molar-refractivity contribution is -0.140. The predicted molar refractivity (Wildman–Crippen MR) is 129 cm³/mol. The molecule has 0 aliphatic carbocycles. The van der Waals surface area contributed by atoms with Gasteiger partial charge in [0.15, 0.2) is 11.5 Å². The van der Waals surface area contributed by atoms with Crippen LogP contribution in [-0.2, 0) is 21.5 Å². The number of aliphatic hydroxyl groups is 1. The summed E-state index contributed by atoms with van der Waals surface area (Å²) in [6.07, 6.45) is 1.52. The zero-order valence-electron chi connectivity index (χ0n) is 19.9. The fourth-order valence-electron chi connectivity index (χ4n) is 4.47. The maximum atomic E-state index is 13.3. The third kappa shape index (κ3) is 4.18. The number of benzene rings is 2. The van der Waals surface area contributed by atoms with E-state index in [1.165, 1.54) is 11.2 Å². The average Bonchev–Trinajstić information content (AvgIpc) is 3.45. The van der Waals surface area contributed by atoms with Gasteiger partial charge in [0, 0.05) is 5.56 Å². The van der Waals surface area contributed by atoms with Crippen molar-refractivity contribution in [3.8, 4) is 11.5 Å². The minimum Gasteiger partial charge on any atom is -0.507 e. The quantitative estimate of drug-likeness (QED) is 0.327. The van der Waals surface area contributed by atoms with Gasteiger partial charge in [0.25, 0.3) is 11.7 Å². The molecule has 1 unspecified atom stereocenters. The summed E-state index contributed by atoms with van der Waals surface area (Å²) in [5.41, 5.74) is 2.20. The molecule has 0 bridgehead atoms. The number of aliphatic hydroxyl groups excluding tert-OH is 1. The van der Waals surface area contributed by atoms with Crippen LogP contribution in [0.2, 0.25) is 0 Å². The van der Waals surface area contributed by atoms with E-state index < -0.39 is 17.7 Å². The van der Waals surface area contributed by atoms with Crippen LogP contribution in [-0.4, -0.2) is 34.9 Å². The summed E-state index contributed by atoms with van der Waals surface area (Å²) in [6.45, 7) is 7.29. The molecule has 0 saturated carbocycles. The van der Waals surface area contributed by atoms with Crippen molar-refractivity contribution in [3.63, 3.8) is 0 Å². The maximum absolute atomic E-state index is 13.3. The van der Waals surface area contributed by atoms with Gasteiger partial charge in [-0.25, -0.2) is 0 Å². The molecule has 5 rings (SSSR count). The normalized spacial score (nSPS) is 19.3. The summed E-state index contributed by atoms with van der Waals surface area (Å²) >= 11 is 0. The number of Topliss-reactive ketones (excluding diaryl/α,β-unsaturated/α-hetero) is 1. The van der Waals surface area contributed by atoms with Crippen LogP contribution in [0.4, 0.5) is 0 Å². The second kappa shape index (κ2) is 8.65. The lowest BCUT2D eigenvalue weighted by Crippen LogP contribution is -2.29. The van der Waals surface area contributed by atoms with Gasteiger partial charge in [-0.15, -0.1) is 0 Å². The number of ketones is 1. The van der Waals surface area contributed by atoms with Crippen molar-refractivity contribution in [3.05, 3.63) is 88.9 Å². The van der Waals surface area contributed by atoms with Crippen LogP contribution >= 0.6 is 0 Å². The van der Waals surface area contributed by atoms with Crippen molar-refractivity contribution >= 4 is 17.4 Å². The van der Waals surface area contributed by atoms with E-state index in [-0.39, 0.29) is 23.3 Å². The number of furan rings is 1. The van der Waals surface area contributed by atoms with Crippen LogP contribution in [0, 0.1) is 0 Å². The molecule has 180 valence electrons. The van der Waals surface area contributed by atoms with Crippen LogP contribution in [0.1, 0.15) is 49.3 Å².